The van der Waals surface area contributed by atoms with Gasteiger partial charge in [-0.15, -0.1) is 0 Å². The standard InChI is InChI=1S/C37H59F3N6O8S/c1-11-23(4)32(45(8)30(48)21-41-35(50)31(22(2)3)44(6)7)28(53-9)19-29(47)46-18-12-13-27(46)33(54-10)24(5)34(49)43-55(52)26-16-14-25(15-17-26)20-42-36(51)37(38,39)40/h14-17,22-24,27-28,31-33H,11-13,18-21H2,1-10H3,(H,41,50)(H,42,51)(H,43,49). The molecule has 0 spiro atoms. The first-order valence-corrected chi connectivity index (χ1v) is 19.6. The molecule has 1 fully saturated rings. The van der Waals surface area contributed by atoms with Crippen molar-refractivity contribution in [2.45, 2.75) is 108 Å². The summed E-state index contributed by atoms with van der Waals surface area (Å²) < 4.78 is 64.5. The number of carbonyl (C=O) groups excluding carboxylic acids is 5. The summed E-state index contributed by atoms with van der Waals surface area (Å²) in [6.07, 6.45) is -4.63. The van der Waals surface area contributed by atoms with Crippen LogP contribution in [-0.4, -0.2) is 133 Å². The number of benzene rings is 1. The van der Waals surface area contributed by atoms with E-state index < -0.39 is 71.8 Å². The van der Waals surface area contributed by atoms with Crippen molar-refractivity contribution >= 4 is 40.5 Å². The number of likely N-dealkylation sites (tertiary alicyclic amines) is 1. The summed E-state index contributed by atoms with van der Waals surface area (Å²) in [7, 11) is 6.15. The van der Waals surface area contributed by atoms with E-state index in [0.717, 1.165) is 0 Å². The average molecular weight is 805 g/mol. The van der Waals surface area contributed by atoms with Crippen molar-refractivity contribution in [3.63, 3.8) is 0 Å². The van der Waals surface area contributed by atoms with Crippen molar-refractivity contribution < 1.29 is 50.8 Å². The average Bonchev–Trinajstić information content (AvgIpc) is 3.61. The molecule has 1 aliphatic rings. The lowest BCUT2D eigenvalue weighted by Crippen LogP contribution is -2.55. The first-order valence-electron chi connectivity index (χ1n) is 18.4. The summed E-state index contributed by atoms with van der Waals surface area (Å²) in [6, 6.07) is 4.12. The van der Waals surface area contributed by atoms with E-state index in [1.807, 2.05) is 27.7 Å². The predicted molar refractivity (Wildman–Crippen MR) is 200 cm³/mol. The van der Waals surface area contributed by atoms with Gasteiger partial charge in [-0.2, -0.15) is 13.2 Å². The van der Waals surface area contributed by atoms with Gasteiger partial charge in [-0.1, -0.05) is 53.2 Å². The van der Waals surface area contributed by atoms with Crippen LogP contribution in [0.2, 0.25) is 0 Å². The zero-order chi connectivity index (χ0) is 41.8. The maximum atomic E-state index is 14.0. The number of likely N-dealkylation sites (N-methyl/N-ethyl adjacent to an activating group) is 2. The number of carbonyl (C=O) groups is 5. The van der Waals surface area contributed by atoms with Crippen LogP contribution in [0, 0.1) is 17.8 Å². The Hall–Kier alpha value is -3.61. The Balaban J connectivity index is 2.12. The first-order chi connectivity index (χ1) is 25.7. The molecular formula is C37H59F3N6O8S. The fourth-order valence-electron chi connectivity index (χ4n) is 7.11. The maximum Gasteiger partial charge on any atom is 0.471 e. The van der Waals surface area contributed by atoms with Crippen LogP contribution in [0.15, 0.2) is 29.2 Å². The SMILES string of the molecule is CCC(C)C(C(CC(=O)N1CCCC1C(OC)C(C)C(=O)NS(=O)c1ccc(CNC(=O)C(F)(F)F)cc1)OC)N(C)C(=O)CNC(=O)C(C(C)C)N(C)C. The minimum Gasteiger partial charge on any atom is -0.379 e. The van der Waals surface area contributed by atoms with E-state index in [9.17, 15) is 41.4 Å². The number of nitrogens with one attached hydrogen (secondary N) is 3. The number of ether oxygens (including phenoxy) is 2. The minimum atomic E-state index is -5.02. The molecule has 1 saturated heterocycles. The number of halogens is 3. The molecule has 1 aromatic carbocycles. The third kappa shape index (κ3) is 13.2. The zero-order valence-corrected chi connectivity index (χ0v) is 34.3. The van der Waals surface area contributed by atoms with E-state index in [4.69, 9.17) is 9.47 Å². The molecule has 0 bridgehead atoms. The van der Waals surface area contributed by atoms with Crippen molar-refractivity contribution in [2.24, 2.45) is 17.8 Å². The molecule has 55 heavy (non-hydrogen) atoms. The van der Waals surface area contributed by atoms with Crippen LogP contribution in [0.1, 0.15) is 65.9 Å². The Morgan fingerprint density at radius 3 is 2.09 bits per heavy atom. The minimum absolute atomic E-state index is 0.0291. The maximum absolute atomic E-state index is 14.0. The quantitative estimate of drug-likeness (QED) is 0.180. The lowest BCUT2D eigenvalue weighted by atomic mass is 9.90. The Morgan fingerprint density at radius 2 is 1.58 bits per heavy atom. The Kier molecular flexibility index (Phi) is 18.7. The second-order valence-electron chi connectivity index (χ2n) is 14.6. The van der Waals surface area contributed by atoms with Gasteiger partial charge < -0.3 is 29.9 Å². The van der Waals surface area contributed by atoms with Crippen LogP contribution in [-0.2, 0) is 51.0 Å². The zero-order valence-electron chi connectivity index (χ0n) is 33.5. The highest BCUT2D eigenvalue weighted by Gasteiger charge is 2.42. The van der Waals surface area contributed by atoms with E-state index in [0.29, 0.717) is 31.4 Å². The molecule has 1 heterocycles. The largest absolute Gasteiger partial charge is 0.471 e. The monoisotopic (exact) mass is 804 g/mol. The molecule has 18 heteroatoms. The van der Waals surface area contributed by atoms with E-state index in [-0.39, 0.29) is 47.4 Å². The van der Waals surface area contributed by atoms with Gasteiger partial charge in [0.25, 0.3) is 0 Å². The molecule has 1 aliphatic heterocycles. The van der Waals surface area contributed by atoms with E-state index in [2.05, 4.69) is 10.0 Å². The molecule has 2 rings (SSSR count). The molecule has 14 nitrogen and oxygen atoms in total. The molecule has 0 saturated carbocycles. The van der Waals surface area contributed by atoms with Gasteiger partial charge in [-0.3, -0.25) is 33.6 Å². The Bertz CT molecular complexity index is 1470. The summed E-state index contributed by atoms with van der Waals surface area (Å²) in [5.41, 5.74) is 0.330. The number of methoxy groups -OCH3 is 2. The summed E-state index contributed by atoms with van der Waals surface area (Å²) in [5.74, 6) is -4.39. The third-order valence-electron chi connectivity index (χ3n) is 10.2. The number of nitrogens with zero attached hydrogens (tertiary/aromatic N) is 3. The van der Waals surface area contributed by atoms with Gasteiger partial charge >= 0.3 is 12.1 Å². The van der Waals surface area contributed by atoms with E-state index in [1.54, 1.807) is 48.1 Å². The fourth-order valence-corrected chi connectivity index (χ4v) is 7.98. The fraction of sp³-hybridized carbons (Fsp3) is 0.703. The van der Waals surface area contributed by atoms with Crippen molar-refractivity contribution in [2.75, 3.05) is 48.5 Å². The molecule has 0 radical (unpaired) electrons. The molecule has 312 valence electrons. The lowest BCUT2D eigenvalue weighted by Gasteiger charge is -2.39. The second-order valence-corrected chi connectivity index (χ2v) is 15.8. The van der Waals surface area contributed by atoms with Crippen molar-refractivity contribution in [3.05, 3.63) is 29.8 Å². The van der Waals surface area contributed by atoms with E-state index >= 15 is 0 Å². The third-order valence-corrected chi connectivity index (χ3v) is 11.3. The van der Waals surface area contributed by atoms with Gasteiger partial charge in [0, 0.05) is 34.4 Å². The molecule has 1 aromatic rings. The van der Waals surface area contributed by atoms with Gasteiger partial charge in [0.1, 0.15) is 0 Å². The van der Waals surface area contributed by atoms with Crippen molar-refractivity contribution in [1.82, 2.24) is 30.1 Å². The normalized spacial score (nSPS) is 18.5. The number of hydrogen-bond acceptors (Lipinski definition) is 9. The molecule has 8 atom stereocenters. The van der Waals surface area contributed by atoms with Gasteiger partial charge in [-0.25, -0.2) is 4.21 Å². The molecular weight excluding hydrogens is 746 g/mol. The van der Waals surface area contributed by atoms with Crippen LogP contribution in [0.4, 0.5) is 13.2 Å². The first kappa shape index (κ1) is 47.5. The summed E-state index contributed by atoms with van der Waals surface area (Å²) >= 11 is 0. The number of rotatable bonds is 20. The molecule has 0 aliphatic carbocycles. The second kappa shape index (κ2) is 21.6. The Morgan fingerprint density at radius 1 is 0.964 bits per heavy atom. The van der Waals surface area contributed by atoms with Crippen LogP contribution in [0.5, 0.6) is 0 Å². The van der Waals surface area contributed by atoms with Crippen LogP contribution >= 0.6 is 0 Å². The van der Waals surface area contributed by atoms with Crippen molar-refractivity contribution in [3.8, 4) is 0 Å². The van der Waals surface area contributed by atoms with Crippen LogP contribution < -0.4 is 15.4 Å². The Labute approximate surface area is 325 Å². The summed E-state index contributed by atoms with van der Waals surface area (Å²) in [5, 5.41) is 4.52. The molecule has 8 unspecified atom stereocenters. The van der Waals surface area contributed by atoms with Crippen LogP contribution in [0.3, 0.4) is 0 Å². The topological polar surface area (TPSA) is 167 Å². The molecule has 3 N–H and O–H groups in total. The summed E-state index contributed by atoms with van der Waals surface area (Å²) in [6.45, 7) is 9.22. The van der Waals surface area contributed by atoms with Gasteiger partial charge in [0.2, 0.25) is 23.6 Å². The highest BCUT2D eigenvalue weighted by Crippen LogP contribution is 2.29. The van der Waals surface area contributed by atoms with Crippen molar-refractivity contribution in [1.29, 1.82) is 0 Å². The predicted octanol–water partition coefficient (Wildman–Crippen LogP) is 2.63. The molecule has 0 aromatic heterocycles. The van der Waals surface area contributed by atoms with Crippen LogP contribution in [0.25, 0.3) is 0 Å². The smallest absolute Gasteiger partial charge is 0.379 e. The number of amides is 5. The molecule has 5 amide bonds. The summed E-state index contributed by atoms with van der Waals surface area (Å²) in [4.78, 5) is 69.9. The van der Waals surface area contributed by atoms with E-state index in [1.165, 1.54) is 38.5 Å². The number of hydrogen-bond donors (Lipinski definition) is 3. The highest BCUT2D eigenvalue weighted by molar-refractivity contribution is 7.83. The number of alkyl halides is 3. The lowest BCUT2D eigenvalue weighted by molar-refractivity contribution is -0.173. The highest BCUT2D eigenvalue weighted by atomic mass is 32.2. The van der Waals surface area contributed by atoms with Gasteiger partial charge in [0.05, 0.1) is 54.1 Å². The van der Waals surface area contributed by atoms with Gasteiger partial charge in [0.15, 0.2) is 11.0 Å². The van der Waals surface area contributed by atoms with Gasteiger partial charge in [-0.05, 0) is 56.5 Å².